The third-order valence-electron chi connectivity index (χ3n) is 2.88. The van der Waals surface area contributed by atoms with E-state index in [1.165, 1.54) is 23.5 Å². The summed E-state index contributed by atoms with van der Waals surface area (Å²) in [6, 6.07) is 3.42. The third-order valence-corrected chi connectivity index (χ3v) is 4.02. The van der Waals surface area contributed by atoms with Gasteiger partial charge in [0.2, 0.25) is 0 Å². The van der Waals surface area contributed by atoms with Crippen LogP contribution in [0.2, 0.25) is 0 Å². The highest BCUT2D eigenvalue weighted by atomic mass is 32.1. The molecule has 0 aliphatic rings. The molecular weight excluding hydrogens is 266 g/mol. The maximum Gasteiger partial charge on any atom is 0.131 e. The van der Waals surface area contributed by atoms with Gasteiger partial charge < -0.3 is 5.32 Å². The van der Waals surface area contributed by atoms with Gasteiger partial charge in [-0.25, -0.2) is 13.8 Å². The molecule has 0 fully saturated rings. The van der Waals surface area contributed by atoms with Crippen LogP contribution in [0.3, 0.4) is 0 Å². The zero-order chi connectivity index (χ0) is 14.0. The van der Waals surface area contributed by atoms with Crippen molar-refractivity contribution in [3.05, 3.63) is 51.0 Å². The van der Waals surface area contributed by atoms with E-state index < -0.39 is 11.6 Å². The number of thiazole rings is 1. The average Bonchev–Trinajstić information content (AvgIpc) is 2.66. The molecule has 5 heteroatoms. The summed E-state index contributed by atoms with van der Waals surface area (Å²) < 4.78 is 27.0. The van der Waals surface area contributed by atoms with E-state index >= 15 is 0 Å². The molecule has 0 radical (unpaired) electrons. The highest BCUT2D eigenvalue weighted by molar-refractivity contribution is 7.11. The topological polar surface area (TPSA) is 24.9 Å². The number of aryl methyl sites for hydroxylation is 2. The number of nitrogens with zero attached hydrogens (tertiary/aromatic N) is 1. The number of aromatic nitrogens is 1. The molecule has 102 valence electrons. The van der Waals surface area contributed by atoms with E-state index in [0.717, 1.165) is 21.6 Å². The summed E-state index contributed by atoms with van der Waals surface area (Å²) in [7, 11) is 0. The van der Waals surface area contributed by atoms with Gasteiger partial charge in [0.1, 0.15) is 11.6 Å². The van der Waals surface area contributed by atoms with Crippen molar-refractivity contribution in [1.29, 1.82) is 0 Å². The Labute approximate surface area is 115 Å². The summed E-state index contributed by atoms with van der Waals surface area (Å²) in [6.45, 7) is 6.48. The number of nitrogens with one attached hydrogen (secondary N) is 1. The Kier molecular flexibility index (Phi) is 4.27. The summed E-state index contributed by atoms with van der Waals surface area (Å²) in [5.74, 6) is -1.09. The molecule has 2 aromatic rings. The van der Waals surface area contributed by atoms with Crippen LogP contribution < -0.4 is 5.32 Å². The Bertz CT molecular complexity index is 581. The maximum atomic E-state index is 14.0. The molecule has 0 amide bonds. The van der Waals surface area contributed by atoms with Gasteiger partial charge in [-0.1, -0.05) is 13.0 Å². The normalized spacial score (nSPS) is 12.7. The number of hydrogen-bond acceptors (Lipinski definition) is 3. The molecule has 0 spiro atoms. The molecule has 1 aromatic carbocycles. The highest BCUT2D eigenvalue weighted by Crippen LogP contribution is 2.31. The third kappa shape index (κ3) is 2.98. The summed E-state index contributed by atoms with van der Waals surface area (Å²) in [6.07, 6.45) is 0. The summed E-state index contributed by atoms with van der Waals surface area (Å²) >= 11 is 1.54. The predicted octanol–water partition coefficient (Wildman–Crippen LogP) is 3.74. The van der Waals surface area contributed by atoms with Crippen LogP contribution in [0.5, 0.6) is 0 Å². The molecule has 1 atom stereocenters. The van der Waals surface area contributed by atoms with Crippen LogP contribution in [0.4, 0.5) is 8.78 Å². The first-order valence-corrected chi connectivity index (χ1v) is 6.96. The molecule has 1 N–H and O–H groups in total. The van der Waals surface area contributed by atoms with Gasteiger partial charge in [-0.05, 0) is 26.5 Å². The van der Waals surface area contributed by atoms with E-state index in [4.69, 9.17) is 0 Å². The van der Waals surface area contributed by atoms with Crippen molar-refractivity contribution in [2.24, 2.45) is 0 Å². The van der Waals surface area contributed by atoms with Gasteiger partial charge in [0, 0.05) is 16.5 Å². The smallest absolute Gasteiger partial charge is 0.131 e. The highest BCUT2D eigenvalue weighted by Gasteiger charge is 2.21. The minimum absolute atomic E-state index is 0.281. The van der Waals surface area contributed by atoms with Gasteiger partial charge in [0.25, 0.3) is 0 Å². The Balaban J connectivity index is 2.48. The first-order chi connectivity index (χ1) is 9.02. The summed E-state index contributed by atoms with van der Waals surface area (Å²) in [4.78, 5) is 5.35. The van der Waals surface area contributed by atoms with Crippen LogP contribution in [0, 0.1) is 25.5 Å². The fourth-order valence-corrected chi connectivity index (χ4v) is 3.12. The van der Waals surface area contributed by atoms with Gasteiger partial charge >= 0.3 is 0 Å². The van der Waals surface area contributed by atoms with Crippen LogP contribution in [0.15, 0.2) is 18.2 Å². The first-order valence-electron chi connectivity index (χ1n) is 6.15. The Hall–Kier alpha value is -1.33. The minimum Gasteiger partial charge on any atom is -0.306 e. The second kappa shape index (κ2) is 5.75. The number of halogens is 2. The van der Waals surface area contributed by atoms with E-state index in [0.29, 0.717) is 12.1 Å². The van der Waals surface area contributed by atoms with E-state index in [1.54, 1.807) is 0 Å². The zero-order valence-electron chi connectivity index (χ0n) is 11.1. The molecular formula is C14H16F2N2S. The molecule has 0 saturated heterocycles. The molecule has 0 saturated carbocycles. The van der Waals surface area contributed by atoms with E-state index in [2.05, 4.69) is 10.3 Å². The number of hydrogen-bond donors (Lipinski definition) is 1. The first kappa shape index (κ1) is 14.1. The van der Waals surface area contributed by atoms with Gasteiger partial charge in [-0.15, -0.1) is 11.3 Å². The Morgan fingerprint density at radius 2 is 2.05 bits per heavy atom. The Morgan fingerprint density at radius 3 is 2.58 bits per heavy atom. The predicted molar refractivity (Wildman–Crippen MR) is 73.5 cm³/mol. The lowest BCUT2D eigenvalue weighted by Crippen LogP contribution is -2.23. The number of rotatable bonds is 4. The SMILES string of the molecule is CCNC(c1ccc(F)cc1F)c1sc(C)nc1C. The second-order valence-electron chi connectivity index (χ2n) is 4.34. The van der Waals surface area contributed by atoms with Crippen molar-refractivity contribution in [3.8, 4) is 0 Å². The van der Waals surface area contributed by atoms with Crippen molar-refractivity contribution in [2.75, 3.05) is 6.54 Å². The Morgan fingerprint density at radius 1 is 1.32 bits per heavy atom. The van der Waals surface area contributed by atoms with Crippen molar-refractivity contribution < 1.29 is 8.78 Å². The second-order valence-corrected chi connectivity index (χ2v) is 5.57. The number of benzene rings is 1. The fraction of sp³-hybridized carbons (Fsp3) is 0.357. The van der Waals surface area contributed by atoms with Gasteiger partial charge in [0.05, 0.1) is 16.7 Å². The molecule has 1 aromatic heterocycles. The van der Waals surface area contributed by atoms with Crippen molar-refractivity contribution in [2.45, 2.75) is 26.8 Å². The van der Waals surface area contributed by atoms with E-state index in [9.17, 15) is 8.78 Å². The van der Waals surface area contributed by atoms with Crippen LogP contribution in [0.25, 0.3) is 0 Å². The largest absolute Gasteiger partial charge is 0.306 e. The molecule has 0 aliphatic heterocycles. The molecule has 0 bridgehead atoms. The quantitative estimate of drug-likeness (QED) is 0.924. The summed E-state index contributed by atoms with van der Waals surface area (Å²) in [5.41, 5.74) is 1.34. The van der Waals surface area contributed by atoms with Gasteiger partial charge in [0.15, 0.2) is 0 Å². The van der Waals surface area contributed by atoms with E-state index in [-0.39, 0.29) is 6.04 Å². The lowest BCUT2D eigenvalue weighted by Gasteiger charge is -2.18. The van der Waals surface area contributed by atoms with Gasteiger partial charge in [-0.3, -0.25) is 0 Å². The molecule has 2 nitrogen and oxygen atoms in total. The van der Waals surface area contributed by atoms with Crippen LogP contribution >= 0.6 is 11.3 Å². The zero-order valence-corrected chi connectivity index (χ0v) is 11.9. The molecule has 1 unspecified atom stereocenters. The lowest BCUT2D eigenvalue weighted by atomic mass is 10.0. The fourth-order valence-electron chi connectivity index (χ4n) is 2.10. The standard InChI is InChI=1S/C14H16F2N2S/c1-4-17-13(14-8(2)18-9(3)19-14)11-6-5-10(15)7-12(11)16/h5-7,13,17H,4H2,1-3H3. The minimum atomic E-state index is -0.561. The molecule has 0 aliphatic carbocycles. The maximum absolute atomic E-state index is 14.0. The van der Waals surface area contributed by atoms with Crippen LogP contribution in [0.1, 0.15) is 34.1 Å². The van der Waals surface area contributed by atoms with Crippen LogP contribution in [-0.4, -0.2) is 11.5 Å². The van der Waals surface area contributed by atoms with Crippen LogP contribution in [-0.2, 0) is 0 Å². The van der Waals surface area contributed by atoms with Crippen molar-refractivity contribution >= 4 is 11.3 Å². The van der Waals surface area contributed by atoms with Gasteiger partial charge in [-0.2, -0.15) is 0 Å². The monoisotopic (exact) mass is 282 g/mol. The molecule has 19 heavy (non-hydrogen) atoms. The average molecular weight is 282 g/mol. The lowest BCUT2D eigenvalue weighted by molar-refractivity contribution is 0.543. The van der Waals surface area contributed by atoms with Crippen molar-refractivity contribution in [1.82, 2.24) is 10.3 Å². The summed E-state index contributed by atoms with van der Waals surface area (Å²) in [5, 5.41) is 4.18. The van der Waals surface area contributed by atoms with Crippen molar-refractivity contribution in [3.63, 3.8) is 0 Å². The molecule has 1 heterocycles. The molecule has 2 rings (SSSR count). The van der Waals surface area contributed by atoms with E-state index in [1.807, 2.05) is 20.8 Å².